The highest BCUT2D eigenvalue weighted by Gasteiger charge is 2.05. The molecule has 1 N–H and O–H groups in total. The fraction of sp³-hybridized carbons (Fsp3) is 0.667. The summed E-state index contributed by atoms with van der Waals surface area (Å²) >= 11 is 2.93. The third kappa shape index (κ3) is 5.81. The highest BCUT2D eigenvalue weighted by atomic mass is 32.2. The van der Waals surface area contributed by atoms with Crippen molar-refractivity contribution in [1.82, 2.24) is 5.43 Å². The first kappa shape index (κ1) is 13.2. The molecule has 8 heteroatoms. The zero-order valence-corrected chi connectivity index (χ0v) is 9.81. The quantitative estimate of drug-likeness (QED) is 0.340. The molecule has 0 fully saturated rings. The maximum atomic E-state index is 10.2. The van der Waals surface area contributed by atoms with E-state index in [1.54, 1.807) is 0 Å². The van der Waals surface area contributed by atoms with Gasteiger partial charge in [-0.3, -0.25) is 20.5 Å². The molecular formula is C6H12N4O2S2. The monoisotopic (exact) mass is 236 g/mol. The van der Waals surface area contributed by atoms with Crippen LogP contribution in [-0.4, -0.2) is 41.2 Å². The molecule has 0 atom stereocenters. The second kappa shape index (κ2) is 7.63. The summed E-state index contributed by atoms with van der Waals surface area (Å²) in [5.74, 6) is 0.246. The summed E-state index contributed by atoms with van der Waals surface area (Å²) in [7, 11) is 1.49. The van der Waals surface area contributed by atoms with Crippen molar-refractivity contribution >= 4 is 33.7 Å². The Morgan fingerprint density at radius 3 is 2.43 bits per heavy atom. The van der Waals surface area contributed by atoms with E-state index in [0.29, 0.717) is 0 Å². The van der Waals surface area contributed by atoms with Gasteiger partial charge in [0.15, 0.2) is 5.84 Å². The Labute approximate surface area is 90.8 Å². The van der Waals surface area contributed by atoms with Crippen LogP contribution in [0.3, 0.4) is 0 Å². The molecule has 0 rings (SSSR count). The number of hydrogen-bond acceptors (Lipinski definition) is 6. The first-order chi connectivity index (χ1) is 6.63. The van der Waals surface area contributed by atoms with Gasteiger partial charge in [-0.1, -0.05) is 0 Å². The Hall–Kier alpha value is -0.760. The Bertz CT molecular complexity index is 248. The number of nitrogens with one attached hydrogen (secondary N) is 1. The van der Waals surface area contributed by atoms with Crippen molar-refractivity contribution in [2.75, 3.05) is 26.1 Å². The summed E-state index contributed by atoms with van der Waals surface area (Å²) in [6, 6.07) is 0. The van der Waals surface area contributed by atoms with Crippen molar-refractivity contribution in [3.05, 3.63) is 10.1 Å². The molecule has 80 valence electrons. The van der Waals surface area contributed by atoms with Crippen LogP contribution < -0.4 is 5.43 Å². The number of nitrogens with zero attached hydrogens (tertiary/aromatic N) is 3. The summed E-state index contributed by atoms with van der Waals surface area (Å²) in [6.45, 7) is -0.337. The zero-order valence-electron chi connectivity index (χ0n) is 8.18. The Morgan fingerprint density at radius 1 is 1.50 bits per heavy atom. The molecule has 0 saturated carbocycles. The minimum Gasteiger partial charge on any atom is -0.269 e. The summed E-state index contributed by atoms with van der Waals surface area (Å²) in [5, 5.41) is 14.1. The maximum Gasteiger partial charge on any atom is 0.261 e. The topological polar surface area (TPSA) is 79.9 Å². The van der Waals surface area contributed by atoms with Crippen molar-refractivity contribution in [2.45, 2.75) is 0 Å². The van der Waals surface area contributed by atoms with Gasteiger partial charge in [-0.15, -0.1) is 23.5 Å². The van der Waals surface area contributed by atoms with Gasteiger partial charge in [0.05, 0.1) is 0 Å². The second-order valence-electron chi connectivity index (χ2n) is 2.06. The van der Waals surface area contributed by atoms with Crippen molar-refractivity contribution in [1.29, 1.82) is 0 Å². The normalized spacial score (nSPS) is 10.9. The van der Waals surface area contributed by atoms with E-state index in [9.17, 15) is 10.1 Å². The van der Waals surface area contributed by atoms with Crippen LogP contribution in [0, 0.1) is 10.1 Å². The number of amidine groups is 1. The third-order valence-corrected chi connectivity index (χ3v) is 3.06. The van der Waals surface area contributed by atoms with Gasteiger partial charge in [0.2, 0.25) is 0 Å². The lowest BCUT2D eigenvalue weighted by Crippen LogP contribution is -2.26. The molecule has 0 bridgehead atoms. The number of rotatable bonds is 3. The van der Waals surface area contributed by atoms with E-state index in [0.717, 1.165) is 4.38 Å². The second-order valence-corrected chi connectivity index (χ2v) is 3.91. The van der Waals surface area contributed by atoms with Crippen LogP contribution in [0.25, 0.3) is 0 Å². The van der Waals surface area contributed by atoms with E-state index in [-0.39, 0.29) is 12.4 Å². The minimum absolute atomic E-state index is 0.246. The van der Waals surface area contributed by atoms with Crippen LogP contribution in [0.1, 0.15) is 0 Å². The Morgan fingerprint density at radius 2 is 2.07 bits per heavy atom. The number of hydrazone groups is 1. The number of hydrogen-bond donors (Lipinski definition) is 1. The highest BCUT2D eigenvalue weighted by molar-refractivity contribution is 8.38. The van der Waals surface area contributed by atoms with E-state index in [1.807, 2.05) is 12.5 Å². The minimum atomic E-state index is -0.456. The van der Waals surface area contributed by atoms with Gasteiger partial charge in [0.1, 0.15) is 4.38 Å². The lowest BCUT2D eigenvalue weighted by Gasteiger charge is -2.01. The summed E-state index contributed by atoms with van der Waals surface area (Å²) < 4.78 is 0.800. The lowest BCUT2D eigenvalue weighted by molar-refractivity contribution is -0.463. The molecule has 14 heavy (non-hydrogen) atoms. The van der Waals surface area contributed by atoms with E-state index in [4.69, 9.17) is 0 Å². The summed E-state index contributed by atoms with van der Waals surface area (Å²) in [4.78, 5) is 13.4. The van der Waals surface area contributed by atoms with E-state index < -0.39 is 4.92 Å². The van der Waals surface area contributed by atoms with Gasteiger partial charge in [-0.25, -0.2) is 0 Å². The summed E-state index contributed by atoms with van der Waals surface area (Å²) in [6.07, 6.45) is 3.76. The van der Waals surface area contributed by atoms with Gasteiger partial charge < -0.3 is 0 Å². The van der Waals surface area contributed by atoms with Crippen LogP contribution >= 0.6 is 23.5 Å². The van der Waals surface area contributed by atoms with Gasteiger partial charge >= 0.3 is 0 Å². The lowest BCUT2D eigenvalue weighted by atomic mass is 10.6. The Balaban J connectivity index is 4.20. The third-order valence-electron chi connectivity index (χ3n) is 1.17. The number of aliphatic imine (C=N–C) groups is 1. The fourth-order valence-corrected chi connectivity index (χ4v) is 1.50. The molecular weight excluding hydrogens is 224 g/mol. The van der Waals surface area contributed by atoms with E-state index >= 15 is 0 Å². The molecule has 0 aromatic heterocycles. The van der Waals surface area contributed by atoms with Crippen LogP contribution in [0.4, 0.5) is 0 Å². The molecule has 0 aliphatic heterocycles. The smallest absolute Gasteiger partial charge is 0.261 e. The molecule has 0 amide bonds. The Kier molecular flexibility index (Phi) is 7.21. The molecule has 0 unspecified atom stereocenters. The molecule has 0 radical (unpaired) electrons. The fourth-order valence-electron chi connectivity index (χ4n) is 0.563. The van der Waals surface area contributed by atoms with Crippen molar-refractivity contribution < 1.29 is 4.92 Å². The predicted octanol–water partition coefficient (Wildman–Crippen LogP) is 0.878. The van der Waals surface area contributed by atoms with Crippen molar-refractivity contribution in [2.24, 2.45) is 10.1 Å². The van der Waals surface area contributed by atoms with Crippen molar-refractivity contribution in [3.8, 4) is 0 Å². The van der Waals surface area contributed by atoms with Crippen molar-refractivity contribution in [3.63, 3.8) is 0 Å². The van der Waals surface area contributed by atoms with Crippen LogP contribution in [0.2, 0.25) is 0 Å². The van der Waals surface area contributed by atoms with Gasteiger partial charge in [-0.2, -0.15) is 5.10 Å². The molecule has 0 heterocycles. The molecule has 0 aromatic carbocycles. The molecule has 0 aliphatic carbocycles. The summed E-state index contributed by atoms with van der Waals surface area (Å²) in [5.41, 5.74) is 2.56. The zero-order chi connectivity index (χ0) is 11.0. The standard InChI is InChI=1S/C6H12N4O2S2/c1-7-5(4-10(11)12)8-9-6(13-2)14-3/h4H2,1-3H3,(H,7,8). The van der Waals surface area contributed by atoms with Gasteiger partial charge in [0, 0.05) is 12.0 Å². The van der Waals surface area contributed by atoms with E-state index in [2.05, 4.69) is 15.5 Å². The SMILES string of the molecule is CN=C(C[N+](=O)[O-])NN=C(SC)SC. The predicted molar refractivity (Wildman–Crippen MR) is 62.8 cm³/mol. The maximum absolute atomic E-state index is 10.2. The van der Waals surface area contributed by atoms with Gasteiger partial charge in [-0.05, 0) is 12.5 Å². The highest BCUT2D eigenvalue weighted by Crippen LogP contribution is 2.09. The molecule has 0 aliphatic rings. The average molecular weight is 236 g/mol. The van der Waals surface area contributed by atoms with Crippen LogP contribution in [0.5, 0.6) is 0 Å². The van der Waals surface area contributed by atoms with Crippen LogP contribution in [0.15, 0.2) is 10.1 Å². The van der Waals surface area contributed by atoms with Gasteiger partial charge in [0.25, 0.3) is 6.54 Å². The average Bonchev–Trinajstić information content (AvgIpc) is 2.17. The van der Waals surface area contributed by atoms with Crippen LogP contribution in [-0.2, 0) is 0 Å². The number of nitro groups is 1. The molecule has 0 aromatic rings. The first-order valence-electron chi connectivity index (χ1n) is 3.63. The first-order valence-corrected chi connectivity index (χ1v) is 6.08. The molecule has 6 nitrogen and oxygen atoms in total. The molecule has 0 saturated heterocycles. The van der Waals surface area contributed by atoms with E-state index in [1.165, 1.54) is 30.6 Å². The largest absolute Gasteiger partial charge is 0.269 e. The molecule has 0 spiro atoms. The number of thioether (sulfide) groups is 2.